The van der Waals surface area contributed by atoms with Crippen LogP contribution in [0.5, 0.6) is 0 Å². The molecule has 1 saturated heterocycles. The van der Waals surface area contributed by atoms with E-state index in [4.69, 9.17) is 0 Å². The summed E-state index contributed by atoms with van der Waals surface area (Å²) in [6.07, 6.45) is 4.05. The zero-order valence-electron chi connectivity index (χ0n) is 12.5. The Hall–Kier alpha value is -0.830. The van der Waals surface area contributed by atoms with Gasteiger partial charge in [-0.15, -0.1) is 6.58 Å². The number of rotatable bonds is 3. The molecule has 0 bridgehead atoms. The Labute approximate surface area is 112 Å². The van der Waals surface area contributed by atoms with Crippen LogP contribution in [0, 0.1) is 5.41 Å². The fourth-order valence-electron chi connectivity index (χ4n) is 2.61. The standard InChI is InChI=1S/C15H28N2O/c1-7-11-17(14(2,3)4)13(18)12-15(5,6)9-8-10-16-12/h7,12,16H,1,8-11H2,2-6H3. The van der Waals surface area contributed by atoms with Gasteiger partial charge in [-0.25, -0.2) is 0 Å². The summed E-state index contributed by atoms with van der Waals surface area (Å²) < 4.78 is 0. The monoisotopic (exact) mass is 252 g/mol. The van der Waals surface area contributed by atoms with Gasteiger partial charge >= 0.3 is 0 Å². The molecule has 0 radical (unpaired) electrons. The van der Waals surface area contributed by atoms with E-state index in [0.29, 0.717) is 6.54 Å². The van der Waals surface area contributed by atoms with Gasteiger partial charge in [0.05, 0.1) is 6.04 Å². The zero-order valence-corrected chi connectivity index (χ0v) is 12.5. The first-order valence-corrected chi connectivity index (χ1v) is 6.86. The Morgan fingerprint density at radius 3 is 2.56 bits per heavy atom. The number of nitrogens with zero attached hydrogens (tertiary/aromatic N) is 1. The molecular formula is C15H28N2O. The highest BCUT2D eigenvalue weighted by Crippen LogP contribution is 2.32. The maximum Gasteiger partial charge on any atom is 0.240 e. The van der Waals surface area contributed by atoms with Crippen molar-refractivity contribution in [3.05, 3.63) is 12.7 Å². The van der Waals surface area contributed by atoms with Gasteiger partial charge in [-0.2, -0.15) is 0 Å². The predicted octanol–water partition coefficient (Wildman–Crippen LogP) is 2.58. The van der Waals surface area contributed by atoms with Crippen molar-refractivity contribution in [2.75, 3.05) is 13.1 Å². The van der Waals surface area contributed by atoms with E-state index in [1.165, 1.54) is 0 Å². The highest BCUT2D eigenvalue weighted by molar-refractivity contribution is 5.83. The predicted molar refractivity (Wildman–Crippen MR) is 76.5 cm³/mol. The van der Waals surface area contributed by atoms with Gasteiger partial charge < -0.3 is 10.2 Å². The van der Waals surface area contributed by atoms with E-state index in [9.17, 15) is 4.79 Å². The summed E-state index contributed by atoms with van der Waals surface area (Å²) in [6, 6.07) is -0.0783. The van der Waals surface area contributed by atoms with Crippen molar-refractivity contribution < 1.29 is 4.79 Å². The van der Waals surface area contributed by atoms with E-state index in [2.05, 4.69) is 46.5 Å². The largest absolute Gasteiger partial charge is 0.333 e. The average Bonchev–Trinajstić information content (AvgIpc) is 2.22. The van der Waals surface area contributed by atoms with Gasteiger partial charge in [0.15, 0.2) is 0 Å². The van der Waals surface area contributed by atoms with Crippen molar-refractivity contribution in [2.24, 2.45) is 5.41 Å². The summed E-state index contributed by atoms with van der Waals surface area (Å²) in [6.45, 7) is 15.9. The molecule has 1 aliphatic rings. The molecular weight excluding hydrogens is 224 g/mol. The maximum absolute atomic E-state index is 12.8. The molecule has 1 fully saturated rings. The van der Waals surface area contributed by atoms with E-state index >= 15 is 0 Å². The lowest BCUT2D eigenvalue weighted by Gasteiger charge is -2.44. The quantitative estimate of drug-likeness (QED) is 0.783. The third kappa shape index (κ3) is 3.35. The number of carbonyl (C=O) groups is 1. The molecule has 1 rings (SSSR count). The van der Waals surface area contributed by atoms with Crippen LogP contribution >= 0.6 is 0 Å². The third-order valence-electron chi connectivity index (χ3n) is 3.76. The SMILES string of the molecule is C=CCN(C(=O)C1NCCCC1(C)C)C(C)(C)C. The van der Waals surface area contributed by atoms with Crippen LogP contribution in [0.3, 0.4) is 0 Å². The first-order chi connectivity index (χ1) is 8.20. The Bertz CT molecular complexity index is 315. The fourth-order valence-corrected chi connectivity index (χ4v) is 2.61. The molecule has 1 amide bonds. The van der Waals surface area contributed by atoms with E-state index < -0.39 is 0 Å². The fraction of sp³-hybridized carbons (Fsp3) is 0.800. The number of amides is 1. The van der Waals surface area contributed by atoms with Crippen molar-refractivity contribution >= 4 is 5.91 Å². The van der Waals surface area contributed by atoms with Gasteiger partial charge in [-0.05, 0) is 45.6 Å². The summed E-state index contributed by atoms with van der Waals surface area (Å²) in [5.74, 6) is 0.201. The zero-order chi connectivity index (χ0) is 14.0. The highest BCUT2D eigenvalue weighted by Gasteiger charge is 2.41. The van der Waals surface area contributed by atoms with Gasteiger partial charge in [-0.1, -0.05) is 19.9 Å². The van der Waals surface area contributed by atoms with Crippen molar-refractivity contribution in [1.82, 2.24) is 10.2 Å². The van der Waals surface area contributed by atoms with Gasteiger partial charge in [0.2, 0.25) is 5.91 Å². The van der Waals surface area contributed by atoms with Crippen molar-refractivity contribution in [3.8, 4) is 0 Å². The van der Waals surface area contributed by atoms with E-state index in [0.717, 1.165) is 19.4 Å². The molecule has 1 unspecified atom stereocenters. The van der Waals surface area contributed by atoms with E-state index in [1.54, 1.807) is 6.08 Å². The second-order valence-electron chi connectivity index (χ2n) is 6.89. The molecule has 0 spiro atoms. The lowest BCUT2D eigenvalue weighted by Crippen LogP contribution is -2.60. The number of nitrogens with one attached hydrogen (secondary N) is 1. The Balaban J connectivity index is 2.91. The normalized spacial score (nSPS) is 23.5. The molecule has 1 atom stereocenters. The van der Waals surface area contributed by atoms with Gasteiger partial charge in [-0.3, -0.25) is 4.79 Å². The lowest BCUT2D eigenvalue weighted by atomic mass is 9.76. The van der Waals surface area contributed by atoms with Crippen LogP contribution in [0.25, 0.3) is 0 Å². The molecule has 3 heteroatoms. The average molecular weight is 252 g/mol. The van der Waals surface area contributed by atoms with Crippen LogP contribution in [0.2, 0.25) is 0 Å². The van der Waals surface area contributed by atoms with Crippen LogP contribution in [0.15, 0.2) is 12.7 Å². The van der Waals surface area contributed by atoms with Crippen molar-refractivity contribution in [2.45, 2.75) is 59.0 Å². The van der Waals surface area contributed by atoms with Gasteiger partial charge in [0.25, 0.3) is 0 Å². The second kappa shape index (κ2) is 5.43. The molecule has 104 valence electrons. The highest BCUT2D eigenvalue weighted by atomic mass is 16.2. The molecule has 1 N–H and O–H groups in total. The van der Waals surface area contributed by atoms with Crippen molar-refractivity contribution in [1.29, 1.82) is 0 Å². The number of carbonyl (C=O) groups excluding carboxylic acids is 1. The third-order valence-corrected chi connectivity index (χ3v) is 3.76. The molecule has 0 saturated carbocycles. The molecule has 1 heterocycles. The smallest absolute Gasteiger partial charge is 0.240 e. The minimum Gasteiger partial charge on any atom is -0.333 e. The summed E-state index contributed by atoms with van der Waals surface area (Å²) >= 11 is 0. The summed E-state index contributed by atoms with van der Waals surface area (Å²) in [5, 5.41) is 3.39. The minimum atomic E-state index is -0.166. The van der Waals surface area contributed by atoms with Crippen LogP contribution in [0.4, 0.5) is 0 Å². The Kier molecular flexibility index (Phi) is 4.60. The second-order valence-corrected chi connectivity index (χ2v) is 6.89. The van der Waals surface area contributed by atoms with E-state index in [1.807, 2.05) is 4.90 Å². The maximum atomic E-state index is 12.8. The number of hydrogen-bond donors (Lipinski definition) is 1. The molecule has 0 aromatic heterocycles. The first-order valence-electron chi connectivity index (χ1n) is 6.86. The number of piperidine rings is 1. The Morgan fingerprint density at radius 1 is 1.50 bits per heavy atom. The molecule has 0 aromatic carbocycles. The topological polar surface area (TPSA) is 32.3 Å². The van der Waals surface area contributed by atoms with E-state index in [-0.39, 0.29) is 22.9 Å². The van der Waals surface area contributed by atoms with Gasteiger partial charge in [0.1, 0.15) is 0 Å². The first kappa shape index (κ1) is 15.2. The van der Waals surface area contributed by atoms with Crippen LogP contribution in [-0.4, -0.2) is 35.5 Å². The van der Waals surface area contributed by atoms with Crippen LogP contribution in [0.1, 0.15) is 47.5 Å². The van der Waals surface area contributed by atoms with Crippen LogP contribution in [-0.2, 0) is 4.79 Å². The summed E-state index contributed by atoms with van der Waals surface area (Å²) in [5.41, 5.74) is -0.138. The van der Waals surface area contributed by atoms with Gasteiger partial charge in [0, 0.05) is 12.1 Å². The molecule has 18 heavy (non-hydrogen) atoms. The summed E-state index contributed by atoms with van der Waals surface area (Å²) in [4.78, 5) is 14.7. The molecule has 3 nitrogen and oxygen atoms in total. The Morgan fingerprint density at radius 2 is 2.11 bits per heavy atom. The van der Waals surface area contributed by atoms with Crippen LogP contribution < -0.4 is 5.32 Å². The lowest BCUT2D eigenvalue weighted by molar-refractivity contribution is -0.141. The molecule has 1 aliphatic heterocycles. The number of hydrogen-bond acceptors (Lipinski definition) is 2. The van der Waals surface area contributed by atoms with Crippen molar-refractivity contribution in [3.63, 3.8) is 0 Å². The summed E-state index contributed by atoms with van der Waals surface area (Å²) in [7, 11) is 0. The molecule has 0 aliphatic carbocycles. The minimum absolute atomic E-state index is 0.0278. The molecule has 0 aromatic rings.